The minimum absolute atomic E-state index is 0.231. The fourth-order valence-electron chi connectivity index (χ4n) is 1.35. The number of anilines is 1. The second kappa shape index (κ2) is 5.22. The van der Waals surface area contributed by atoms with Gasteiger partial charge in [-0.15, -0.1) is 0 Å². The number of hydrogen-bond donors (Lipinski definition) is 2. The van der Waals surface area contributed by atoms with Crippen LogP contribution in [0.3, 0.4) is 0 Å². The van der Waals surface area contributed by atoms with Crippen LogP contribution < -0.4 is 5.32 Å². The standard InChI is InChI=1S/C10H12BrF2N3O/c11-7-3-8(14-4-6(17)9(12)13)16-10(15-7)5-1-2-5/h3,5-6,9,17H,1-2,4H2,(H,14,15,16). The molecule has 1 aliphatic carbocycles. The fraction of sp³-hybridized carbons (Fsp3) is 0.600. The summed E-state index contributed by atoms with van der Waals surface area (Å²) in [6, 6.07) is 1.60. The van der Waals surface area contributed by atoms with E-state index in [4.69, 9.17) is 5.11 Å². The third-order valence-electron chi connectivity index (χ3n) is 2.44. The Kier molecular flexibility index (Phi) is 3.88. The molecule has 1 unspecified atom stereocenters. The van der Waals surface area contributed by atoms with Gasteiger partial charge < -0.3 is 10.4 Å². The normalized spacial score (nSPS) is 17.2. The Morgan fingerprint density at radius 3 is 2.76 bits per heavy atom. The average Bonchev–Trinajstić information content (AvgIpc) is 3.08. The zero-order valence-electron chi connectivity index (χ0n) is 8.91. The summed E-state index contributed by atoms with van der Waals surface area (Å²) < 4.78 is 24.8. The molecule has 94 valence electrons. The number of aliphatic hydroxyl groups excluding tert-OH is 1. The molecule has 1 saturated carbocycles. The number of alkyl halides is 2. The van der Waals surface area contributed by atoms with Crippen molar-refractivity contribution in [3.8, 4) is 0 Å². The monoisotopic (exact) mass is 307 g/mol. The molecule has 2 rings (SSSR count). The number of rotatable bonds is 5. The zero-order valence-corrected chi connectivity index (χ0v) is 10.5. The van der Waals surface area contributed by atoms with Crippen molar-refractivity contribution in [3.63, 3.8) is 0 Å². The van der Waals surface area contributed by atoms with Crippen LogP contribution >= 0.6 is 15.9 Å². The van der Waals surface area contributed by atoms with E-state index in [1.807, 2.05) is 0 Å². The summed E-state index contributed by atoms with van der Waals surface area (Å²) >= 11 is 3.24. The Bertz CT molecular complexity index is 401. The highest BCUT2D eigenvalue weighted by molar-refractivity contribution is 9.10. The lowest BCUT2D eigenvalue weighted by atomic mass is 10.3. The maximum Gasteiger partial charge on any atom is 0.265 e. The fourth-order valence-corrected chi connectivity index (χ4v) is 1.75. The van der Waals surface area contributed by atoms with E-state index in [1.54, 1.807) is 6.07 Å². The lowest BCUT2D eigenvalue weighted by molar-refractivity contribution is 0.00380. The number of nitrogens with one attached hydrogen (secondary N) is 1. The van der Waals surface area contributed by atoms with Crippen LogP contribution in [-0.2, 0) is 0 Å². The molecule has 1 heterocycles. The highest BCUT2D eigenvalue weighted by Gasteiger charge is 2.27. The van der Waals surface area contributed by atoms with Crippen LogP contribution in [0.25, 0.3) is 0 Å². The Hall–Kier alpha value is -0.820. The molecule has 17 heavy (non-hydrogen) atoms. The summed E-state index contributed by atoms with van der Waals surface area (Å²) in [5.41, 5.74) is 0. The highest BCUT2D eigenvalue weighted by Crippen LogP contribution is 2.38. The minimum Gasteiger partial charge on any atom is -0.385 e. The maximum absolute atomic E-state index is 12.1. The molecule has 1 aliphatic rings. The lowest BCUT2D eigenvalue weighted by Crippen LogP contribution is -2.27. The zero-order chi connectivity index (χ0) is 12.4. The quantitative estimate of drug-likeness (QED) is 0.819. The SMILES string of the molecule is OC(CNc1cc(Br)nc(C2CC2)n1)C(F)F. The molecule has 0 aliphatic heterocycles. The van der Waals surface area contributed by atoms with E-state index in [1.165, 1.54) is 0 Å². The van der Waals surface area contributed by atoms with Crippen molar-refractivity contribution in [1.29, 1.82) is 0 Å². The third-order valence-corrected chi connectivity index (χ3v) is 2.84. The van der Waals surface area contributed by atoms with E-state index in [-0.39, 0.29) is 6.54 Å². The van der Waals surface area contributed by atoms with Gasteiger partial charge in [0.1, 0.15) is 22.3 Å². The molecule has 1 fully saturated rings. The molecule has 0 bridgehead atoms. The Morgan fingerprint density at radius 1 is 1.47 bits per heavy atom. The summed E-state index contributed by atoms with van der Waals surface area (Å²) in [6.45, 7) is -0.231. The van der Waals surface area contributed by atoms with Crippen molar-refractivity contribution >= 4 is 21.7 Å². The first-order valence-electron chi connectivity index (χ1n) is 5.31. The van der Waals surface area contributed by atoms with E-state index in [0.29, 0.717) is 22.2 Å². The second-order valence-corrected chi connectivity index (χ2v) is 4.80. The Labute approximate surface area is 106 Å². The van der Waals surface area contributed by atoms with Crippen LogP contribution in [0.5, 0.6) is 0 Å². The van der Waals surface area contributed by atoms with Crippen molar-refractivity contribution in [2.24, 2.45) is 0 Å². The molecular formula is C10H12BrF2N3O. The smallest absolute Gasteiger partial charge is 0.265 e. The van der Waals surface area contributed by atoms with Crippen LogP contribution in [0.15, 0.2) is 10.7 Å². The van der Waals surface area contributed by atoms with Crippen molar-refractivity contribution in [3.05, 3.63) is 16.5 Å². The average molecular weight is 308 g/mol. The van der Waals surface area contributed by atoms with Gasteiger partial charge in [0.15, 0.2) is 0 Å². The third kappa shape index (κ3) is 3.57. The van der Waals surface area contributed by atoms with Crippen molar-refractivity contribution in [2.75, 3.05) is 11.9 Å². The van der Waals surface area contributed by atoms with E-state index in [9.17, 15) is 8.78 Å². The number of hydrogen-bond acceptors (Lipinski definition) is 4. The minimum atomic E-state index is -2.75. The van der Waals surface area contributed by atoms with Crippen LogP contribution in [0.2, 0.25) is 0 Å². The van der Waals surface area contributed by atoms with Gasteiger partial charge in [0.25, 0.3) is 6.43 Å². The maximum atomic E-state index is 12.1. The van der Waals surface area contributed by atoms with Crippen LogP contribution in [0, 0.1) is 0 Å². The van der Waals surface area contributed by atoms with Gasteiger partial charge in [-0.3, -0.25) is 0 Å². The largest absolute Gasteiger partial charge is 0.385 e. The van der Waals surface area contributed by atoms with Crippen molar-refractivity contribution < 1.29 is 13.9 Å². The summed E-state index contributed by atoms with van der Waals surface area (Å²) in [4.78, 5) is 8.43. The van der Waals surface area contributed by atoms with E-state index < -0.39 is 12.5 Å². The predicted octanol–water partition coefficient (Wildman–Crippen LogP) is 2.15. The van der Waals surface area contributed by atoms with Gasteiger partial charge in [0, 0.05) is 18.5 Å². The Balaban J connectivity index is 2.00. The molecular weight excluding hydrogens is 296 g/mol. The number of nitrogens with zero attached hydrogens (tertiary/aromatic N) is 2. The van der Waals surface area contributed by atoms with Crippen LogP contribution in [0.4, 0.5) is 14.6 Å². The number of aromatic nitrogens is 2. The highest BCUT2D eigenvalue weighted by atomic mass is 79.9. The molecule has 7 heteroatoms. The van der Waals surface area contributed by atoms with Gasteiger partial charge in [0.05, 0.1) is 0 Å². The van der Waals surface area contributed by atoms with Crippen LogP contribution in [-0.4, -0.2) is 34.1 Å². The first-order valence-corrected chi connectivity index (χ1v) is 6.10. The first-order chi connectivity index (χ1) is 8.06. The number of halogens is 3. The Morgan fingerprint density at radius 2 is 2.18 bits per heavy atom. The number of aliphatic hydroxyl groups is 1. The summed E-state index contributed by atoms with van der Waals surface area (Å²) in [6.07, 6.45) is -2.31. The van der Waals surface area contributed by atoms with Gasteiger partial charge in [0.2, 0.25) is 0 Å². The van der Waals surface area contributed by atoms with Crippen molar-refractivity contribution in [1.82, 2.24) is 9.97 Å². The molecule has 1 aromatic heterocycles. The molecule has 4 nitrogen and oxygen atoms in total. The molecule has 0 radical (unpaired) electrons. The van der Waals surface area contributed by atoms with E-state index >= 15 is 0 Å². The molecule has 1 aromatic rings. The lowest BCUT2D eigenvalue weighted by Gasteiger charge is -2.11. The van der Waals surface area contributed by atoms with Gasteiger partial charge in [-0.05, 0) is 28.8 Å². The molecule has 2 N–H and O–H groups in total. The molecule has 0 amide bonds. The topological polar surface area (TPSA) is 58.0 Å². The van der Waals surface area contributed by atoms with Gasteiger partial charge >= 0.3 is 0 Å². The first kappa shape index (κ1) is 12.6. The molecule has 0 saturated heterocycles. The van der Waals surface area contributed by atoms with Crippen molar-refractivity contribution in [2.45, 2.75) is 31.3 Å². The molecule has 0 aromatic carbocycles. The van der Waals surface area contributed by atoms with E-state index in [0.717, 1.165) is 12.8 Å². The van der Waals surface area contributed by atoms with E-state index in [2.05, 4.69) is 31.2 Å². The summed E-state index contributed by atoms with van der Waals surface area (Å²) in [7, 11) is 0. The second-order valence-electron chi connectivity index (χ2n) is 3.99. The summed E-state index contributed by atoms with van der Waals surface area (Å²) in [5.74, 6) is 1.55. The van der Waals surface area contributed by atoms with Gasteiger partial charge in [-0.1, -0.05) is 0 Å². The molecule has 0 spiro atoms. The molecule has 1 atom stereocenters. The predicted molar refractivity (Wildman–Crippen MR) is 62.2 cm³/mol. The summed E-state index contributed by atoms with van der Waals surface area (Å²) in [5, 5.41) is 11.7. The van der Waals surface area contributed by atoms with Gasteiger partial charge in [-0.25, -0.2) is 18.7 Å². The van der Waals surface area contributed by atoms with Gasteiger partial charge in [-0.2, -0.15) is 0 Å². The van der Waals surface area contributed by atoms with Crippen LogP contribution in [0.1, 0.15) is 24.6 Å².